The maximum Gasteiger partial charge on any atom is 0.230 e. The molecule has 3 N–H and O–H groups in total. The molecule has 0 unspecified atom stereocenters. The molecule has 0 atom stereocenters. The molecule has 0 amide bonds. The lowest BCUT2D eigenvalue weighted by Crippen LogP contribution is -2.03. The van der Waals surface area contributed by atoms with E-state index in [1.165, 1.54) is 11.8 Å². The minimum atomic E-state index is -1.21. The van der Waals surface area contributed by atoms with Crippen molar-refractivity contribution in [2.75, 3.05) is 5.75 Å². The summed E-state index contributed by atoms with van der Waals surface area (Å²) in [5.41, 5.74) is 0. The van der Waals surface area contributed by atoms with Gasteiger partial charge in [-0.3, -0.25) is 0 Å². The van der Waals surface area contributed by atoms with E-state index in [-0.39, 0.29) is 0 Å². The van der Waals surface area contributed by atoms with Crippen molar-refractivity contribution in [2.45, 2.75) is 24.3 Å². The maximum absolute atomic E-state index is 8.51. The van der Waals surface area contributed by atoms with Gasteiger partial charge in [-0.1, -0.05) is 11.8 Å². The number of nitrogens with zero attached hydrogens (tertiary/aromatic N) is 3. The summed E-state index contributed by atoms with van der Waals surface area (Å²) in [5.74, 6) is 0.761. The van der Waals surface area contributed by atoms with Gasteiger partial charge in [-0.2, -0.15) is 5.21 Å². The summed E-state index contributed by atoms with van der Waals surface area (Å²) in [6.45, 7) is 0. The molecule has 0 aliphatic carbocycles. The van der Waals surface area contributed by atoms with Crippen LogP contribution in [0.3, 0.4) is 0 Å². The third-order valence-corrected chi connectivity index (χ3v) is 2.09. The largest absolute Gasteiger partial charge is 0.368 e. The quantitative estimate of drug-likeness (QED) is 0.325. The molecular weight excluding hydrogens is 180 g/mol. The molecular formula is C5H10N4O2S. The van der Waals surface area contributed by atoms with Gasteiger partial charge in [0, 0.05) is 5.75 Å². The predicted molar refractivity (Wildman–Crippen MR) is 42.4 cm³/mol. The molecule has 7 heteroatoms. The number of aliphatic hydroxyl groups is 2. The van der Waals surface area contributed by atoms with Gasteiger partial charge in [0.15, 0.2) is 6.29 Å². The first-order valence-electron chi connectivity index (χ1n) is 3.51. The van der Waals surface area contributed by atoms with Crippen LogP contribution < -0.4 is 0 Å². The van der Waals surface area contributed by atoms with Gasteiger partial charge in [-0.15, -0.1) is 10.2 Å². The smallest absolute Gasteiger partial charge is 0.230 e. The van der Waals surface area contributed by atoms with Gasteiger partial charge in [-0.25, -0.2) is 0 Å². The number of hydrogen-bond acceptors (Lipinski definition) is 6. The highest BCUT2D eigenvalue weighted by molar-refractivity contribution is 7.99. The zero-order valence-corrected chi connectivity index (χ0v) is 7.16. The van der Waals surface area contributed by atoms with Gasteiger partial charge in [0.1, 0.15) is 0 Å². The third kappa shape index (κ3) is 3.65. The molecule has 0 bridgehead atoms. The fourth-order valence-corrected chi connectivity index (χ4v) is 1.34. The molecule has 0 radical (unpaired) electrons. The monoisotopic (exact) mass is 190 g/mol. The SMILES string of the molecule is OC(O)CCCSc1nn[nH]n1. The van der Waals surface area contributed by atoms with Crippen molar-refractivity contribution in [1.29, 1.82) is 0 Å². The third-order valence-electron chi connectivity index (χ3n) is 1.16. The number of nitrogens with one attached hydrogen (secondary N) is 1. The van der Waals surface area contributed by atoms with E-state index in [9.17, 15) is 0 Å². The molecule has 0 aliphatic rings. The Morgan fingerprint density at radius 3 is 2.92 bits per heavy atom. The van der Waals surface area contributed by atoms with Crippen LogP contribution in [0, 0.1) is 0 Å². The highest BCUT2D eigenvalue weighted by Crippen LogP contribution is 2.12. The number of H-pyrrole nitrogens is 1. The van der Waals surface area contributed by atoms with Crippen LogP contribution in [-0.4, -0.2) is 42.9 Å². The predicted octanol–water partition coefficient (Wildman–Crippen LogP) is -0.617. The van der Waals surface area contributed by atoms with Crippen molar-refractivity contribution >= 4 is 11.8 Å². The lowest BCUT2D eigenvalue weighted by molar-refractivity contribution is -0.0451. The number of rotatable bonds is 5. The minimum Gasteiger partial charge on any atom is -0.368 e. The number of thioether (sulfide) groups is 1. The summed E-state index contributed by atoms with van der Waals surface area (Å²) in [4.78, 5) is 0. The molecule has 0 fully saturated rings. The first-order chi connectivity index (χ1) is 5.79. The van der Waals surface area contributed by atoms with Crippen LogP contribution in [0.5, 0.6) is 0 Å². The van der Waals surface area contributed by atoms with E-state index in [4.69, 9.17) is 10.2 Å². The molecule has 68 valence electrons. The van der Waals surface area contributed by atoms with E-state index < -0.39 is 6.29 Å². The lowest BCUT2D eigenvalue weighted by atomic mass is 10.3. The molecule has 12 heavy (non-hydrogen) atoms. The van der Waals surface area contributed by atoms with E-state index in [0.717, 1.165) is 12.2 Å². The number of aromatic amines is 1. The Morgan fingerprint density at radius 1 is 1.50 bits per heavy atom. The van der Waals surface area contributed by atoms with Gasteiger partial charge in [-0.05, 0) is 18.1 Å². The second-order valence-corrected chi connectivity index (χ2v) is 3.23. The van der Waals surface area contributed by atoms with E-state index in [0.29, 0.717) is 11.6 Å². The van der Waals surface area contributed by atoms with Crippen molar-refractivity contribution in [1.82, 2.24) is 20.6 Å². The Labute approximate surface area is 73.4 Å². The molecule has 0 aliphatic heterocycles. The highest BCUT2D eigenvalue weighted by atomic mass is 32.2. The van der Waals surface area contributed by atoms with E-state index in [2.05, 4.69) is 20.6 Å². The van der Waals surface area contributed by atoms with Crippen LogP contribution in [0.2, 0.25) is 0 Å². The number of hydrogen-bond donors (Lipinski definition) is 3. The fourth-order valence-electron chi connectivity index (χ4n) is 0.643. The summed E-state index contributed by atoms with van der Waals surface area (Å²) < 4.78 is 0. The fraction of sp³-hybridized carbons (Fsp3) is 0.800. The van der Waals surface area contributed by atoms with Crippen LogP contribution >= 0.6 is 11.8 Å². The first-order valence-corrected chi connectivity index (χ1v) is 4.50. The summed E-state index contributed by atoms with van der Waals surface area (Å²) in [7, 11) is 0. The van der Waals surface area contributed by atoms with Crippen LogP contribution in [0.1, 0.15) is 12.8 Å². The average molecular weight is 190 g/mol. The Hall–Kier alpha value is -0.660. The van der Waals surface area contributed by atoms with Gasteiger partial charge < -0.3 is 10.2 Å². The van der Waals surface area contributed by atoms with E-state index in [1.54, 1.807) is 0 Å². The second kappa shape index (κ2) is 5.07. The summed E-state index contributed by atoms with van der Waals surface area (Å²) in [5, 5.41) is 30.8. The van der Waals surface area contributed by atoms with Crippen LogP contribution in [0.25, 0.3) is 0 Å². The number of aromatic nitrogens is 4. The van der Waals surface area contributed by atoms with Crippen molar-refractivity contribution in [3.8, 4) is 0 Å². The standard InChI is InChI=1S/C5H10N4O2S/c10-4(11)2-1-3-12-5-6-8-9-7-5/h4,10-11H,1-3H2,(H,6,7,8,9). The topological polar surface area (TPSA) is 94.9 Å². The summed E-state index contributed by atoms with van der Waals surface area (Å²) in [6, 6.07) is 0. The Bertz CT molecular complexity index is 203. The Balaban J connectivity index is 2.04. The molecule has 0 aromatic carbocycles. The first kappa shape index (κ1) is 9.43. The molecule has 1 aromatic rings. The van der Waals surface area contributed by atoms with Crippen LogP contribution in [-0.2, 0) is 0 Å². The second-order valence-electron chi connectivity index (χ2n) is 2.17. The van der Waals surface area contributed by atoms with Crippen molar-refractivity contribution in [2.24, 2.45) is 0 Å². The highest BCUT2D eigenvalue weighted by Gasteiger charge is 2.00. The van der Waals surface area contributed by atoms with Gasteiger partial charge in [0.05, 0.1) is 0 Å². The van der Waals surface area contributed by atoms with Gasteiger partial charge in [0.25, 0.3) is 0 Å². The zero-order chi connectivity index (χ0) is 8.81. The minimum absolute atomic E-state index is 0.380. The molecule has 0 saturated heterocycles. The number of tetrazole rings is 1. The van der Waals surface area contributed by atoms with Gasteiger partial charge >= 0.3 is 0 Å². The Kier molecular flexibility index (Phi) is 3.98. The zero-order valence-electron chi connectivity index (χ0n) is 6.34. The van der Waals surface area contributed by atoms with E-state index in [1.807, 2.05) is 0 Å². The summed E-state index contributed by atoms with van der Waals surface area (Å²) >= 11 is 1.43. The van der Waals surface area contributed by atoms with Gasteiger partial charge in [0.2, 0.25) is 5.16 Å². The normalized spacial score (nSPS) is 10.9. The Morgan fingerprint density at radius 2 is 2.33 bits per heavy atom. The molecule has 6 nitrogen and oxygen atoms in total. The molecule has 0 spiro atoms. The van der Waals surface area contributed by atoms with Crippen molar-refractivity contribution in [3.63, 3.8) is 0 Å². The van der Waals surface area contributed by atoms with Crippen molar-refractivity contribution < 1.29 is 10.2 Å². The average Bonchev–Trinajstić information content (AvgIpc) is 2.49. The molecule has 0 saturated carbocycles. The molecule has 1 aromatic heterocycles. The van der Waals surface area contributed by atoms with E-state index >= 15 is 0 Å². The summed E-state index contributed by atoms with van der Waals surface area (Å²) in [6.07, 6.45) is -0.113. The maximum atomic E-state index is 8.51. The molecule has 1 rings (SSSR count). The molecule has 1 heterocycles. The van der Waals surface area contributed by atoms with Crippen LogP contribution in [0.4, 0.5) is 0 Å². The lowest BCUT2D eigenvalue weighted by Gasteiger charge is -2.00. The van der Waals surface area contributed by atoms with Crippen LogP contribution in [0.15, 0.2) is 5.16 Å². The number of aliphatic hydroxyl groups excluding tert-OH is 1. The van der Waals surface area contributed by atoms with Crippen molar-refractivity contribution in [3.05, 3.63) is 0 Å².